The summed E-state index contributed by atoms with van der Waals surface area (Å²) in [5.41, 5.74) is 2.32. The first-order chi connectivity index (χ1) is 16.0. The van der Waals surface area contributed by atoms with E-state index in [0.29, 0.717) is 22.5 Å². The van der Waals surface area contributed by atoms with E-state index in [-0.39, 0.29) is 16.8 Å². The van der Waals surface area contributed by atoms with E-state index in [1.54, 1.807) is 25.1 Å². The SMILES string of the molecule is COc1ccc(C(=O)NC(=O)COC(=O)c2cc(-c3ccccc3)nc3onc(C)c23)cc1. The lowest BCUT2D eigenvalue weighted by atomic mass is 10.1. The third-order valence-electron chi connectivity index (χ3n) is 4.85. The van der Waals surface area contributed by atoms with Crippen molar-refractivity contribution in [1.82, 2.24) is 15.5 Å². The Kier molecular flexibility index (Phi) is 6.12. The molecule has 0 fully saturated rings. The van der Waals surface area contributed by atoms with Gasteiger partial charge in [0.2, 0.25) is 0 Å². The van der Waals surface area contributed by atoms with Gasteiger partial charge in [-0.3, -0.25) is 14.9 Å². The molecular weight excluding hydrogens is 426 g/mol. The fourth-order valence-electron chi connectivity index (χ4n) is 3.20. The molecule has 0 aliphatic rings. The average molecular weight is 445 g/mol. The van der Waals surface area contributed by atoms with Crippen molar-refractivity contribution < 1.29 is 28.4 Å². The van der Waals surface area contributed by atoms with Crippen LogP contribution >= 0.6 is 0 Å². The van der Waals surface area contributed by atoms with Gasteiger partial charge in [0, 0.05) is 11.1 Å². The van der Waals surface area contributed by atoms with E-state index in [9.17, 15) is 14.4 Å². The normalized spacial score (nSPS) is 10.6. The molecule has 0 atom stereocenters. The minimum atomic E-state index is -0.766. The van der Waals surface area contributed by atoms with Crippen LogP contribution < -0.4 is 10.1 Å². The topological polar surface area (TPSA) is 121 Å². The van der Waals surface area contributed by atoms with Crippen LogP contribution in [-0.4, -0.2) is 41.6 Å². The van der Waals surface area contributed by atoms with Crippen LogP contribution in [0.25, 0.3) is 22.4 Å². The largest absolute Gasteiger partial charge is 0.497 e. The summed E-state index contributed by atoms with van der Waals surface area (Å²) in [4.78, 5) is 41.6. The zero-order chi connectivity index (χ0) is 23.4. The molecule has 2 heterocycles. The Morgan fingerprint density at radius 1 is 1.03 bits per heavy atom. The van der Waals surface area contributed by atoms with Crippen molar-refractivity contribution in [2.24, 2.45) is 0 Å². The Balaban J connectivity index is 1.48. The summed E-state index contributed by atoms with van der Waals surface area (Å²) in [7, 11) is 1.51. The highest BCUT2D eigenvalue weighted by Gasteiger charge is 2.21. The van der Waals surface area contributed by atoms with Crippen LogP contribution in [0.4, 0.5) is 0 Å². The number of pyridine rings is 1. The van der Waals surface area contributed by atoms with Crippen LogP contribution in [0.15, 0.2) is 65.2 Å². The highest BCUT2D eigenvalue weighted by molar-refractivity contribution is 6.07. The van der Waals surface area contributed by atoms with Crippen molar-refractivity contribution in [3.05, 3.63) is 77.5 Å². The molecule has 4 aromatic rings. The van der Waals surface area contributed by atoms with E-state index in [0.717, 1.165) is 5.56 Å². The van der Waals surface area contributed by atoms with Crippen molar-refractivity contribution in [2.45, 2.75) is 6.92 Å². The molecule has 0 aliphatic heterocycles. The molecule has 0 saturated heterocycles. The third kappa shape index (κ3) is 4.72. The maximum absolute atomic E-state index is 12.8. The lowest BCUT2D eigenvalue weighted by molar-refractivity contribution is -0.123. The Morgan fingerprint density at radius 2 is 1.76 bits per heavy atom. The number of aromatic nitrogens is 2. The van der Waals surface area contributed by atoms with Crippen LogP contribution in [0.1, 0.15) is 26.4 Å². The average Bonchev–Trinajstić information content (AvgIpc) is 3.23. The van der Waals surface area contributed by atoms with Gasteiger partial charge in [0.25, 0.3) is 17.5 Å². The highest BCUT2D eigenvalue weighted by atomic mass is 16.5. The number of benzene rings is 2. The Hall–Kier alpha value is -4.53. The number of rotatable bonds is 6. The van der Waals surface area contributed by atoms with E-state index in [4.69, 9.17) is 14.0 Å². The number of carbonyl (C=O) groups excluding carboxylic acids is 3. The summed E-state index contributed by atoms with van der Waals surface area (Å²) in [6, 6.07) is 17.0. The molecule has 2 aromatic carbocycles. The van der Waals surface area contributed by atoms with Crippen LogP contribution in [0.5, 0.6) is 5.75 Å². The second-order valence-corrected chi connectivity index (χ2v) is 7.05. The molecule has 0 aliphatic carbocycles. The fraction of sp³-hybridized carbons (Fsp3) is 0.125. The zero-order valence-corrected chi connectivity index (χ0v) is 17.8. The summed E-state index contributed by atoms with van der Waals surface area (Å²) >= 11 is 0. The predicted octanol–water partition coefficient (Wildman–Crippen LogP) is 3.32. The van der Waals surface area contributed by atoms with Crippen LogP contribution in [-0.2, 0) is 9.53 Å². The molecule has 2 aromatic heterocycles. The van der Waals surface area contributed by atoms with Gasteiger partial charge < -0.3 is 14.0 Å². The lowest BCUT2D eigenvalue weighted by Crippen LogP contribution is -2.34. The maximum Gasteiger partial charge on any atom is 0.339 e. The van der Waals surface area contributed by atoms with Crippen LogP contribution in [0.2, 0.25) is 0 Å². The summed E-state index contributed by atoms with van der Waals surface area (Å²) in [6.07, 6.45) is 0. The molecule has 2 amide bonds. The van der Waals surface area contributed by atoms with Crippen molar-refractivity contribution in [3.63, 3.8) is 0 Å². The minimum absolute atomic E-state index is 0.159. The highest BCUT2D eigenvalue weighted by Crippen LogP contribution is 2.27. The first-order valence-corrected chi connectivity index (χ1v) is 9.94. The van der Waals surface area contributed by atoms with Crippen LogP contribution in [0.3, 0.4) is 0 Å². The number of amides is 2. The molecular formula is C24H19N3O6. The van der Waals surface area contributed by atoms with Gasteiger partial charge in [-0.15, -0.1) is 0 Å². The second kappa shape index (κ2) is 9.31. The molecule has 166 valence electrons. The van der Waals surface area contributed by atoms with Gasteiger partial charge in [-0.25, -0.2) is 9.78 Å². The number of fused-ring (bicyclic) bond motifs is 1. The molecule has 4 rings (SSSR count). The smallest absolute Gasteiger partial charge is 0.339 e. The van der Waals surface area contributed by atoms with E-state index < -0.39 is 24.4 Å². The number of aryl methyl sites for hydroxylation is 1. The van der Waals surface area contributed by atoms with E-state index in [1.165, 1.54) is 19.2 Å². The number of carbonyl (C=O) groups is 3. The van der Waals surface area contributed by atoms with Crippen LogP contribution in [0, 0.1) is 6.92 Å². The molecule has 0 saturated carbocycles. The van der Waals surface area contributed by atoms with Gasteiger partial charge in [0.1, 0.15) is 5.75 Å². The Morgan fingerprint density at radius 3 is 2.45 bits per heavy atom. The predicted molar refractivity (Wildman–Crippen MR) is 118 cm³/mol. The molecule has 0 unspecified atom stereocenters. The van der Waals surface area contributed by atoms with Gasteiger partial charge in [-0.05, 0) is 37.3 Å². The number of esters is 1. The van der Waals surface area contributed by atoms with E-state index in [1.807, 2.05) is 30.3 Å². The quantitative estimate of drug-likeness (QED) is 0.449. The van der Waals surface area contributed by atoms with Gasteiger partial charge in [0.15, 0.2) is 6.61 Å². The summed E-state index contributed by atoms with van der Waals surface area (Å²) < 4.78 is 15.4. The number of hydrogen-bond donors (Lipinski definition) is 1. The molecule has 0 spiro atoms. The lowest BCUT2D eigenvalue weighted by Gasteiger charge is -2.08. The van der Waals surface area contributed by atoms with Gasteiger partial charge >= 0.3 is 5.97 Å². The van der Waals surface area contributed by atoms with E-state index >= 15 is 0 Å². The number of nitrogens with one attached hydrogen (secondary N) is 1. The monoisotopic (exact) mass is 445 g/mol. The minimum Gasteiger partial charge on any atom is -0.497 e. The second-order valence-electron chi connectivity index (χ2n) is 7.05. The first-order valence-electron chi connectivity index (χ1n) is 9.94. The van der Waals surface area contributed by atoms with Gasteiger partial charge in [0.05, 0.1) is 29.4 Å². The molecule has 9 heteroatoms. The van der Waals surface area contributed by atoms with Gasteiger partial charge in [-0.2, -0.15) is 0 Å². The van der Waals surface area contributed by atoms with Crippen molar-refractivity contribution in [1.29, 1.82) is 0 Å². The maximum atomic E-state index is 12.8. The zero-order valence-electron chi connectivity index (χ0n) is 17.8. The van der Waals surface area contributed by atoms with Gasteiger partial charge in [-0.1, -0.05) is 35.5 Å². The molecule has 0 bridgehead atoms. The molecule has 9 nitrogen and oxygen atoms in total. The number of ether oxygens (including phenoxy) is 2. The molecule has 1 N–H and O–H groups in total. The van der Waals surface area contributed by atoms with Crippen molar-refractivity contribution in [3.8, 4) is 17.0 Å². The summed E-state index contributed by atoms with van der Waals surface area (Å²) in [6.45, 7) is 1.03. The van der Waals surface area contributed by atoms with Crippen molar-refractivity contribution in [2.75, 3.05) is 13.7 Å². The van der Waals surface area contributed by atoms with E-state index in [2.05, 4.69) is 15.5 Å². The molecule has 0 radical (unpaired) electrons. The number of nitrogens with zero attached hydrogens (tertiary/aromatic N) is 2. The number of hydrogen-bond acceptors (Lipinski definition) is 8. The third-order valence-corrected chi connectivity index (χ3v) is 4.85. The number of methoxy groups -OCH3 is 1. The fourth-order valence-corrected chi connectivity index (χ4v) is 3.20. The van der Waals surface area contributed by atoms with Crippen molar-refractivity contribution >= 4 is 28.9 Å². The summed E-state index contributed by atoms with van der Waals surface area (Å²) in [5, 5.41) is 6.46. The summed E-state index contributed by atoms with van der Waals surface area (Å²) in [5.74, 6) is -1.57. The number of imide groups is 1. The standard InChI is InChI=1S/C24H19N3O6/c1-14-21-18(12-19(25-23(21)33-27-14)15-6-4-3-5-7-15)24(30)32-13-20(28)26-22(29)16-8-10-17(31-2)11-9-16/h3-12H,13H2,1-2H3,(H,26,28,29). The Labute approximate surface area is 188 Å². The first kappa shape index (κ1) is 21.7. The molecule has 33 heavy (non-hydrogen) atoms. The Bertz CT molecular complexity index is 1330.